The van der Waals surface area contributed by atoms with Crippen molar-refractivity contribution < 1.29 is 13.3 Å². The summed E-state index contributed by atoms with van der Waals surface area (Å²) in [4.78, 5) is 15.8. The molecule has 20 aromatic carbocycles. The molecule has 9 heterocycles. The minimum atomic E-state index is 0.877. The Balaban J connectivity index is 0.000000108. The predicted molar refractivity (Wildman–Crippen MR) is 589 cm³/mol. The van der Waals surface area contributed by atoms with Gasteiger partial charge in [0.15, 0.2) is 0 Å². The summed E-state index contributed by atoms with van der Waals surface area (Å²) in [5.41, 5.74) is 34.9. The van der Waals surface area contributed by atoms with Gasteiger partial charge in [-0.3, -0.25) is 13.7 Å². The molecule has 0 bridgehead atoms. The second-order valence-electron chi connectivity index (χ2n) is 36.4. The summed E-state index contributed by atoms with van der Waals surface area (Å²) >= 11 is 0. The Hall–Kier alpha value is -19.1. The molecule has 29 aromatic rings. The number of furan rings is 3. The van der Waals surface area contributed by atoms with Gasteiger partial charge in [-0.2, -0.15) is 0 Å². The van der Waals surface area contributed by atoms with E-state index in [0.717, 1.165) is 178 Å². The molecule has 29 rings (SSSR count). The quantitative estimate of drug-likeness (QED) is 0.114. The van der Waals surface area contributed by atoms with Crippen molar-refractivity contribution in [2.45, 2.75) is 0 Å². The first-order valence-corrected chi connectivity index (χ1v) is 48.1. The fourth-order valence-electron chi connectivity index (χ4n) is 21.2. The molecule has 664 valence electrons. The Labute approximate surface area is 816 Å². The highest BCUT2D eigenvalue weighted by atomic mass is 16.3. The molecule has 0 radical (unpaired) electrons. The van der Waals surface area contributed by atoms with Crippen molar-refractivity contribution in [2.24, 2.45) is 0 Å². The predicted octanol–water partition coefficient (Wildman–Crippen LogP) is 36.1. The molecule has 0 aliphatic heterocycles. The van der Waals surface area contributed by atoms with E-state index in [9.17, 15) is 0 Å². The minimum Gasteiger partial charge on any atom is -0.456 e. The summed E-state index contributed by atoms with van der Waals surface area (Å²) in [5, 5.41) is 16.3. The van der Waals surface area contributed by atoms with Gasteiger partial charge in [-0.25, -0.2) is 15.0 Å². The molecule has 0 aliphatic rings. The van der Waals surface area contributed by atoms with Crippen LogP contribution in [0.3, 0.4) is 0 Å². The van der Waals surface area contributed by atoms with E-state index in [1.807, 2.05) is 48.7 Å². The number of hydrogen-bond donors (Lipinski definition) is 0. The molecule has 142 heavy (non-hydrogen) atoms. The van der Waals surface area contributed by atoms with E-state index < -0.39 is 0 Å². The van der Waals surface area contributed by atoms with E-state index in [1.54, 1.807) is 0 Å². The molecule has 0 N–H and O–H groups in total. The molecule has 0 atom stereocenters. The van der Waals surface area contributed by atoms with E-state index in [-0.39, 0.29) is 0 Å². The van der Waals surface area contributed by atoms with Crippen LogP contribution in [0.1, 0.15) is 0 Å². The van der Waals surface area contributed by atoms with E-state index in [4.69, 9.17) is 28.2 Å². The van der Waals surface area contributed by atoms with Crippen molar-refractivity contribution in [3.05, 3.63) is 510 Å². The summed E-state index contributed by atoms with van der Waals surface area (Å²) in [6.45, 7) is 0. The second kappa shape index (κ2) is 34.6. The van der Waals surface area contributed by atoms with Gasteiger partial charge in [-0.1, -0.05) is 370 Å². The lowest BCUT2D eigenvalue weighted by atomic mass is 9.98. The van der Waals surface area contributed by atoms with Crippen molar-refractivity contribution >= 4 is 142 Å². The minimum absolute atomic E-state index is 0.877. The van der Waals surface area contributed by atoms with Gasteiger partial charge >= 0.3 is 0 Å². The van der Waals surface area contributed by atoms with Crippen molar-refractivity contribution in [3.63, 3.8) is 0 Å². The highest BCUT2D eigenvalue weighted by Crippen LogP contribution is 2.46. The topological polar surface area (TPSA) is 92.9 Å². The molecule has 0 saturated carbocycles. The zero-order valence-corrected chi connectivity index (χ0v) is 76.9. The van der Waals surface area contributed by atoms with Gasteiger partial charge in [-0.15, -0.1) is 0 Å². The number of fused-ring (bicyclic) bond motifs is 19. The molecule has 0 fully saturated rings. The zero-order valence-electron chi connectivity index (χ0n) is 76.9. The summed E-state index contributed by atoms with van der Waals surface area (Å²) in [7, 11) is 0. The van der Waals surface area contributed by atoms with Gasteiger partial charge in [0.25, 0.3) is 0 Å². The lowest BCUT2D eigenvalue weighted by molar-refractivity contribution is 0.668. The highest BCUT2D eigenvalue weighted by molar-refractivity contribution is 6.16. The van der Waals surface area contributed by atoms with Gasteiger partial charge in [0.1, 0.15) is 51.0 Å². The van der Waals surface area contributed by atoms with Crippen molar-refractivity contribution in [2.75, 3.05) is 0 Å². The SMILES string of the molecule is c1ccc(-c2cc(-c3ccccc3)nc(-n3c4ccccc4c4cc(-c5ccc6oc7ccccc7c6c5)ccc43)c2)cc1.c1ccc(-c2ccc(-c3cc(-c4ccc(-c5ccccc5)cc4)nc(-n4c5ccccc5c5cc(-c6ccc7oc8ccccc8c7c6)ccc54)c3)cc2)cc1.c1ccc(-c2cnc(-n3c4ccccc4c4cc(-c5ccc6oc7ccccc7c6c5)ccc43)c3ccccc23)cc1. The molecule has 9 heteroatoms. The molecule has 9 nitrogen and oxygen atoms in total. The summed E-state index contributed by atoms with van der Waals surface area (Å²) in [6.07, 6.45) is 2.02. The Morgan fingerprint density at radius 3 is 0.782 bits per heavy atom. The molecule has 0 unspecified atom stereocenters. The largest absolute Gasteiger partial charge is 0.456 e. The molecular weight excluding hydrogens is 1730 g/mol. The summed E-state index contributed by atoms with van der Waals surface area (Å²) < 4.78 is 25.3. The van der Waals surface area contributed by atoms with Crippen LogP contribution in [0.25, 0.3) is 271 Å². The molecule has 0 spiro atoms. The number of pyridine rings is 3. The molecular formula is C133H84N6O3. The van der Waals surface area contributed by atoms with Crippen LogP contribution < -0.4 is 0 Å². The van der Waals surface area contributed by atoms with Crippen LogP contribution in [-0.2, 0) is 0 Å². The maximum absolute atomic E-state index is 6.15. The van der Waals surface area contributed by atoms with Crippen LogP contribution >= 0.6 is 0 Å². The van der Waals surface area contributed by atoms with E-state index in [1.165, 1.54) is 93.3 Å². The van der Waals surface area contributed by atoms with Gasteiger partial charge < -0.3 is 13.3 Å². The monoisotopic (exact) mass is 1810 g/mol. The van der Waals surface area contributed by atoms with Gasteiger partial charge in [-0.05, 0) is 222 Å². The number of aromatic nitrogens is 6. The van der Waals surface area contributed by atoms with E-state index >= 15 is 0 Å². The third kappa shape index (κ3) is 14.6. The second-order valence-corrected chi connectivity index (χ2v) is 36.4. The molecule has 0 saturated heterocycles. The molecule has 9 aromatic heterocycles. The van der Waals surface area contributed by atoms with Gasteiger partial charge in [0.2, 0.25) is 0 Å². The number of benzene rings is 20. The van der Waals surface area contributed by atoms with E-state index in [0.29, 0.717) is 0 Å². The number of nitrogens with zero attached hydrogens (tertiary/aromatic N) is 6. The summed E-state index contributed by atoms with van der Waals surface area (Å²) in [6, 6.07) is 178. The highest BCUT2D eigenvalue weighted by Gasteiger charge is 2.24. The first kappa shape index (κ1) is 82.4. The first-order valence-electron chi connectivity index (χ1n) is 48.1. The van der Waals surface area contributed by atoms with Crippen LogP contribution in [0.5, 0.6) is 0 Å². The normalized spacial score (nSPS) is 11.7. The Morgan fingerprint density at radius 1 is 0.148 bits per heavy atom. The average Bonchev–Trinajstić information content (AvgIpc) is 1.58. The molecule has 0 aliphatic carbocycles. The van der Waals surface area contributed by atoms with Gasteiger partial charge in [0.05, 0.1) is 44.5 Å². The Bertz CT molecular complexity index is 9810. The fourth-order valence-corrected chi connectivity index (χ4v) is 21.2. The Kier molecular flexibility index (Phi) is 20.1. The third-order valence-electron chi connectivity index (χ3n) is 28.1. The van der Waals surface area contributed by atoms with Crippen LogP contribution in [0.15, 0.2) is 523 Å². The summed E-state index contributed by atoms with van der Waals surface area (Å²) in [5.74, 6) is 2.72. The van der Waals surface area contributed by atoms with Gasteiger partial charge in [0, 0.05) is 92.9 Å². The molecule has 0 amide bonds. The first-order chi connectivity index (χ1) is 70.4. The lowest BCUT2D eigenvalue weighted by Crippen LogP contribution is -2.00. The van der Waals surface area contributed by atoms with Crippen molar-refractivity contribution in [3.8, 4) is 129 Å². The maximum Gasteiger partial charge on any atom is 0.145 e. The third-order valence-corrected chi connectivity index (χ3v) is 28.1. The lowest BCUT2D eigenvalue weighted by Gasteiger charge is -2.14. The smallest absolute Gasteiger partial charge is 0.145 e. The fraction of sp³-hybridized carbons (Fsp3) is 0. The van der Waals surface area contributed by atoms with Crippen LogP contribution in [0, 0.1) is 0 Å². The van der Waals surface area contributed by atoms with Crippen molar-refractivity contribution in [1.29, 1.82) is 0 Å². The number of para-hydroxylation sites is 6. The number of rotatable bonds is 13. The van der Waals surface area contributed by atoms with Crippen LogP contribution in [0.4, 0.5) is 0 Å². The maximum atomic E-state index is 6.15. The zero-order chi connectivity index (χ0) is 93.7. The van der Waals surface area contributed by atoms with E-state index in [2.05, 4.69) is 475 Å². The van der Waals surface area contributed by atoms with Crippen LogP contribution in [-0.4, -0.2) is 28.7 Å². The standard InChI is InChI=1S/C53H34N2O.C41H26N2O.C39H24N2O/c1-3-11-35(12-4-1)37-19-21-39(22-20-37)43-33-48(40-25-23-38(24-26-40)36-13-5-2-6-14-36)54-53(34-43)55-49-17-9-7-15-44(49)46-31-41(27-29-50(46)55)42-28-30-52-47(32-42)45-16-8-10-18-51(45)56-52;1-3-11-27(12-4-1)31-25-36(28-13-5-2-6-14-28)42-41(26-31)43-37-17-9-7-15-32(37)34-23-29(19-21-38(34)43)30-20-22-40-35(24-30)33-16-8-10-18-39(33)44-40;1-2-10-25(11-3-1)34-24-40-39(31-15-5-4-12-28(31)34)41-35-16-8-6-13-29(35)32-22-26(18-20-36(32)41)27-19-21-38-33(23-27)30-14-7-9-17-37(30)42-38/h1-34H;1-26H;1-24H. The van der Waals surface area contributed by atoms with Crippen molar-refractivity contribution in [1.82, 2.24) is 28.7 Å². The Morgan fingerprint density at radius 2 is 0.394 bits per heavy atom. The van der Waals surface area contributed by atoms with Crippen LogP contribution in [0.2, 0.25) is 0 Å². The average molecular weight is 1810 g/mol. The number of hydrogen-bond acceptors (Lipinski definition) is 6.